The summed E-state index contributed by atoms with van der Waals surface area (Å²) in [5.41, 5.74) is 0.757. The Balaban J connectivity index is 1.19. The van der Waals surface area contributed by atoms with Gasteiger partial charge in [-0.1, -0.05) is 26.8 Å². The fourth-order valence-electron chi connectivity index (χ4n) is 10.2. The number of aromatic nitrogens is 2. The van der Waals surface area contributed by atoms with Gasteiger partial charge in [0.15, 0.2) is 0 Å². The molecule has 0 aliphatic heterocycles. The number of methoxy groups -OCH3 is 1. The molecule has 1 aromatic carbocycles. The summed E-state index contributed by atoms with van der Waals surface area (Å²) in [5.74, 6) is 4.69. The van der Waals surface area contributed by atoms with E-state index in [1.807, 2.05) is 12.1 Å². The van der Waals surface area contributed by atoms with Crippen LogP contribution in [0.25, 0.3) is 10.9 Å². The summed E-state index contributed by atoms with van der Waals surface area (Å²) in [5, 5.41) is 22.7. The van der Waals surface area contributed by atoms with Gasteiger partial charge < -0.3 is 19.9 Å². The first kappa shape index (κ1) is 26.3. The minimum atomic E-state index is -0.266. The summed E-state index contributed by atoms with van der Waals surface area (Å²) in [6, 6.07) is 5.54. The van der Waals surface area contributed by atoms with E-state index < -0.39 is 0 Å². The van der Waals surface area contributed by atoms with E-state index in [2.05, 4.69) is 25.8 Å². The van der Waals surface area contributed by atoms with Crippen molar-refractivity contribution in [3.8, 4) is 5.75 Å². The fourth-order valence-corrected chi connectivity index (χ4v) is 10.2. The van der Waals surface area contributed by atoms with Crippen LogP contribution in [0.4, 0.5) is 0 Å². The normalized spacial score (nSPS) is 41.3. The van der Waals surface area contributed by atoms with Crippen molar-refractivity contribution in [1.29, 1.82) is 0 Å². The van der Waals surface area contributed by atoms with Crippen molar-refractivity contribution in [1.82, 2.24) is 9.97 Å². The zero-order valence-corrected chi connectivity index (χ0v) is 23.6. The van der Waals surface area contributed by atoms with Gasteiger partial charge >= 0.3 is 0 Å². The van der Waals surface area contributed by atoms with E-state index in [4.69, 9.17) is 9.72 Å². The Hall–Kier alpha value is -1.92. The molecular formula is C32H46N2O4. The Morgan fingerprint density at radius 1 is 1.11 bits per heavy atom. The molecule has 10 atom stereocenters. The van der Waals surface area contributed by atoms with Crippen molar-refractivity contribution < 1.29 is 14.9 Å². The van der Waals surface area contributed by atoms with E-state index in [1.165, 1.54) is 25.7 Å². The molecule has 4 aliphatic rings. The van der Waals surface area contributed by atoms with Gasteiger partial charge in [-0.25, -0.2) is 4.98 Å². The lowest BCUT2D eigenvalue weighted by atomic mass is 9.43. The van der Waals surface area contributed by atoms with Crippen LogP contribution in [0.15, 0.2) is 23.0 Å². The number of aliphatic hydroxyl groups is 2. The number of fused-ring (bicyclic) bond motifs is 6. The summed E-state index contributed by atoms with van der Waals surface area (Å²) in [4.78, 5) is 20.6. The van der Waals surface area contributed by atoms with Crippen LogP contribution in [0, 0.1) is 46.3 Å². The Bertz CT molecular complexity index is 1240. The number of aryl methyl sites for hydroxylation is 1. The van der Waals surface area contributed by atoms with Crippen LogP contribution < -0.4 is 10.3 Å². The topological polar surface area (TPSA) is 95.4 Å². The van der Waals surface area contributed by atoms with Crippen molar-refractivity contribution in [3.63, 3.8) is 0 Å². The van der Waals surface area contributed by atoms with Crippen LogP contribution in [0.1, 0.15) is 84.4 Å². The van der Waals surface area contributed by atoms with Gasteiger partial charge in [0.1, 0.15) is 17.0 Å². The number of benzene rings is 1. The van der Waals surface area contributed by atoms with Gasteiger partial charge in [0.05, 0.1) is 24.8 Å². The van der Waals surface area contributed by atoms with Crippen molar-refractivity contribution >= 4 is 10.9 Å². The van der Waals surface area contributed by atoms with E-state index >= 15 is 0 Å². The SMILES string of the molecule is COc1cccc2nc(CC[C@@H](C)[C@H]3CC[C@H]4[C@@H]5CC[C@@H]6C[C@H](O)CC[C@]6(C)C5C[C@H](O)[C@]34C)[nH]c(=O)c12. The van der Waals surface area contributed by atoms with Crippen LogP contribution in [0.5, 0.6) is 5.75 Å². The van der Waals surface area contributed by atoms with Gasteiger partial charge in [0.25, 0.3) is 5.56 Å². The molecule has 0 bridgehead atoms. The lowest BCUT2D eigenvalue weighted by molar-refractivity contribution is -0.174. The van der Waals surface area contributed by atoms with Gasteiger partial charge in [0.2, 0.25) is 0 Å². The largest absolute Gasteiger partial charge is 0.496 e. The standard InChI is InChI=1S/C32H46N2O4/c1-18(8-13-28-33-25-6-5-7-26(38-4)29(25)30(37)34-28)22-11-12-23-21-10-9-19-16-20(35)14-15-31(19,2)24(21)17-27(36)32(22,23)3/h5-7,18-24,27,35-36H,8-17H2,1-4H3,(H,33,34,37)/t18-,19-,20-,21+,22-,23+,24?,27+,31+,32-/m1/s1. The quantitative estimate of drug-likeness (QED) is 0.483. The molecule has 6 nitrogen and oxygen atoms in total. The van der Waals surface area contributed by atoms with Crippen molar-refractivity contribution in [2.24, 2.45) is 46.3 Å². The third kappa shape index (κ3) is 3.96. The van der Waals surface area contributed by atoms with Gasteiger partial charge in [-0.2, -0.15) is 0 Å². The number of hydrogen-bond donors (Lipinski definition) is 3. The number of hydrogen-bond acceptors (Lipinski definition) is 5. The number of ether oxygens (including phenoxy) is 1. The molecule has 2 aromatic rings. The predicted octanol–water partition coefficient (Wildman–Crippen LogP) is 5.49. The lowest BCUT2D eigenvalue weighted by Gasteiger charge is -2.62. The average molecular weight is 523 g/mol. The highest BCUT2D eigenvalue weighted by atomic mass is 16.5. The summed E-state index contributed by atoms with van der Waals surface area (Å²) in [7, 11) is 1.58. The summed E-state index contributed by atoms with van der Waals surface area (Å²) in [6.45, 7) is 7.23. The minimum absolute atomic E-state index is 0.0461. The Kier molecular flexibility index (Phi) is 6.66. The molecule has 6 rings (SSSR count). The maximum Gasteiger partial charge on any atom is 0.262 e. The van der Waals surface area contributed by atoms with Gasteiger partial charge in [-0.05, 0) is 116 Å². The molecule has 0 amide bonds. The van der Waals surface area contributed by atoms with Crippen LogP contribution >= 0.6 is 0 Å². The predicted molar refractivity (Wildman–Crippen MR) is 149 cm³/mol. The van der Waals surface area contributed by atoms with E-state index in [0.717, 1.165) is 44.3 Å². The molecule has 0 saturated heterocycles. The van der Waals surface area contributed by atoms with Gasteiger partial charge in [-0.15, -0.1) is 0 Å². The Morgan fingerprint density at radius 3 is 2.71 bits per heavy atom. The molecule has 1 unspecified atom stereocenters. The number of aliphatic hydroxyl groups excluding tert-OH is 2. The third-order valence-electron chi connectivity index (χ3n) is 12.3. The number of H-pyrrole nitrogens is 1. The number of rotatable bonds is 5. The van der Waals surface area contributed by atoms with E-state index in [-0.39, 0.29) is 28.6 Å². The molecular weight excluding hydrogens is 476 g/mol. The number of nitrogens with zero attached hydrogens (tertiary/aromatic N) is 1. The van der Waals surface area contributed by atoms with Crippen LogP contribution in [-0.2, 0) is 6.42 Å². The maximum atomic E-state index is 12.8. The first-order valence-corrected chi connectivity index (χ1v) is 15.1. The highest BCUT2D eigenvalue weighted by Gasteiger charge is 2.63. The van der Waals surface area contributed by atoms with E-state index in [0.29, 0.717) is 52.2 Å². The van der Waals surface area contributed by atoms with Crippen molar-refractivity contribution in [2.45, 2.75) is 97.2 Å². The Labute approximate surface area is 226 Å². The highest BCUT2D eigenvalue weighted by molar-refractivity contribution is 5.84. The number of nitrogens with one attached hydrogen (secondary N) is 1. The zero-order valence-electron chi connectivity index (χ0n) is 23.6. The van der Waals surface area contributed by atoms with Crippen LogP contribution in [-0.4, -0.2) is 39.5 Å². The zero-order chi connectivity index (χ0) is 26.8. The van der Waals surface area contributed by atoms with Gasteiger partial charge in [-0.3, -0.25) is 4.79 Å². The molecule has 1 heterocycles. The lowest BCUT2D eigenvalue weighted by Crippen LogP contribution is -2.58. The van der Waals surface area contributed by atoms with Crippen molar-refractivity contribution in [3.05, 3.63) is 34.4 Å². The monoisotopic (exact) mass is 522 g/mol. The molecule has 1 aromatic heterocycles. The van der Waals surface area contributed by atoms with Crippen LogP contribution in [0.3, 0.4) is 0 Å². The first-order valence-electron chi connectivity index (χ1n) is 15.1. The minimum Gasteiger partial charge on any atom is -0.496 e. The molecule has 38 heavy (non-hydrogen) atoms. The van der Waals surface area contributed by atoms with E-state index in [1.54, 1.807) is 13.2 Å². The first-order chi connectivity index (χ1) is 18.2. The summed E-state index contributed by atoms with van der Waals surface area (Å²) >= 11 is 0. The second kappa shape index (κ2) is 9.62. The summed E-state index contributed by atoms with van der Waals surface area (Å²) in [6.07, 6.45) is 10.1. The maximum absolute atomic E-state index is 12.8. The molecule has 6 heteroatoms. The molecule has 4 fully saturated rings. The smallest absolute Gasteiger partial charge is 0.262 e. The van der Waals surface area contributed by atoms with Gasteiger partial charge in [0, 0.05) is 6.42 Å². The van der Waals surface area contributed by atoms with Crippen LogP contribution in [0.2, 0.25) is 0 Å². The van der Waals surface area contributed by atoms with Crippen molar-refractivity contribution in [2.75, 3.05) is 7.11 Å². The highest BCUT2D eigenvalue weighted by Crippen LogP contribution is 2.68. The second-order valence-electron chi connectivity index (χ2n) is 13.8. The molecule has 4 aliphatic carbocycles. The fraction of sp³-hybridized carbons (Fsp3) is 0.750. The molecule has 0 spiro atoms. The third-order valence-corrected chi connectivity index (χ3v) is 12.3. The molecule has 0 radical (unpaired) electrons. The molecule has 208 valence electrons. The second-order valence-corrected chi connectivity index (χ2v) is 13.8. The summed E-state index contributed by atoms with van der Waals surface area (Å²) < 4.78 is 5.37. The Morgan fingerprint density at radius 2 is 1.92 bits per heavy atom. The average Bonchev–Trinajstić information content (AvgIpc) is 3.26. The van der Waals surface area contributed by atoms with E-state index in [9.17, 15) is 15.0 Å². The molecule has 3 N–H and O–H groups in total. The number of aromatic amines is 1. The molecule has 4 saturated carbocycles.